The molecule has 2 aromatic carbocycles. The first kappa shape index (κ1) is 37.5. The second-order valence-electron chi connectivity index (χ2n) is 15.8. The third kappa shape index (κ3) is 5.31. The van der Waals surface area contributed by atoms with Gasteiger partial charge in [-0.3, -0.25) is 14.4 Å². The first-order chi connectivity index (χ1) is 25.1. The second-order valence-corrected chi connectivity index (χ2v) is 15.8. The van der Waals surface area contributed by atoms with Crippen LogP contribution in [0.25, 0.3) is 0 Å². The minimum absolute atomic E-state index is 0.0249. The lowest BCUT2D eigenvalue weighted by Gasteiger charge is -2.63. The molecule has 1 heterocycles. The summed E-state index contributed by atoms with van der Waals surface area (Å²) in [5, 5.41) is 25.0. The monoisotopic (exact) mass is 734 g/mol. The van der Waals surface area contributed by atoms with E-state index in [1.165, 1.54) is 19.1 Å². The molecule has 0 radical (unpaired) electrons. The molecule has 284 valence electrons. The van der Waals surface area contributed by atoms with Crippen LogP contribution in [-0.2, 0) is 30.3 Å². The fourth-order valence-electron chi connectivity index (χ4n) is 10.4. The van der Waals surface area contributed by atoms with E-state index in [1.54, 1.807) is 40.0 Å². The predicted molar refractivity (Wildman–Crippen MR) is 192 cm³/mol. The smallest absolute Gasteiger partial charge is 0.243 e. The Balaban J connectivity index is 1.13. The number of amides is 1. The highest BCUT2D eigenvalue weighted by molar-refractivity contribution is 6.01. The highest BCUT2D eigenvalue weighted by Gasteiger charge is 2.80. The average Bonchev–Trinajstić information content (AvgIpc) is 3.65. The SMILES string of the molecule is CN[C@@H](C)C(=O)N(C)c1ccc(Cc2ccc([C@@H]3O[C@@H]4CC5[C@@H]6C[C@H](F)C7=CC(=O)C=C[C@]7(C)[C@@]6(F)[C@@H](O)C[C@]5(C)[C@]4(C(=O)CO)O3)cc2)cc1OC. The van der Waals surface area contributed by atoms with Gasteiger partial charge in [0.05, 0.1) is 31.0 Å². The van der Waals surface area contributed by atoms with Gasteiger partial charge in [-0.15, -0.1) is 0 Å². The third-order valence-corrected chi connectivity index (χ3v) is 13.3. The van der Waals surface area contributed by atoms with Crippen LogP contribution in [0, 0.1) is 22.7 Å². The van der Waals surface area contributed by atoms with Gasteiger partial charge in [0, 0.05) is 29.4 Å². The van der Waals surface area contributed by atoms with Crippen molar-refractivity contribution in [2.24, 2.45) is 22.7 Å². The van der Waals surface area contributed by atoms with Crippen molar-refractivity contribution in [1.82, 2.24) is 5.32 Å². The van der Waals surface area contributed by atoms with E-state index in [-0.39, 0.29) is 36.8 Å². The maximum absolute atomic E-state index is 17.7. The van der Waals surface area contributed by atoms with Crippen LogP contribution in [0.3, 0.4) is 0 Å². The van der Waals surface area contributed by atoms with E-state index in [0.29, 0.717) is 23.4 Å². The lowest BCUT2D eigenvalue weighted by atomic mass is 9.44. The van der Waals surface area contributed by atoms with E-state index in [0.717, 1.165) is 17.2 Å². The number of fused-ring (bicyclic) bond motifs is 7. The van der Waals surface area contributed by atoms with Crippen LogP contribution in [0.5, 0.6) is 5.75 Å². The van der Waals surface area contributed by atoms with Crippen molar-refractivity contribution in [1.29, 1.82) is 0 Å². The van der Waals surface area contributed by atoms with Gasteiger partial charge in [-0.25, -0.2) is 8.78 Å². The number of nitrogens with one attached hydrogen (secondary N) is 1. The van der Waals surface area contributed by atoms with Gasteiger partial charge < -0.3 is 34.6 Å². The number of likely N-dealkylation sites (N-methyl/N-ethyl adjacent to an activating group) is 2. The number of anilines is 1. The number of aliphatic hydroxyl groups excluding tert-OH is 2. The van der Waals surface area contributed by atoms with Gasteiger partial charge in [0.1, 0.15) is 18.5 Å². The molecular weight excluding hydrogens is 686 g/mol. The Morgan fingerprint density at radius 2 is 1.81 bits per heavy atom. The zero-order valence-electron chi connectivity index (χ0n) is 30.9. The molecule has 7 rings (SSSR count). The second kappa shape index (κ2) is 13.2. The zero-order chi connectivity index (χ0) is 38.2. The summed E-state index contributed by atoms with van der Waals surface area (Å²) in [6, 6.07) is 12.9. The number of rotatable bonds is 9. The number of ether oxygens (including phenoxy) is 3. The van der Waals surface area contributed by atoms with Crippen LogP contribution < -0.4 is 15.0 Å². The van der Waals surface area contributed by atoms with Gasteiger partial charge in [0.15, 0.2) is 29.1 Å². The number of benzene rings is 2. The molecule has 1 unspecified atom stereocenters. The number of methoxy groups -OCH3 is 1. The summed E-state index contributed by atoms with van der Waals surface area (Å²) in [6.45, 7) is 4.23. The summed E-state index contributed by atoms with van der Waals surface area (Å²) in [7, 11) is 4.99. The van der Waals surface area contributed by atoms with Crippen molar-refractivity contribution in [3.8, 4) is 5.75 Å². The average molecular weight is 735 g/mol. The van der Waals surface area contributed by atoms with E-state index >= 15 is 8.78 Å². The van der Waals surface area contributed by atoms with Crippen LogP contribution in [0.4, 0.5) is 14.5 Å². The van der Waals surface area contributed by atoms with E-state index < -0.39 is 76.8 Å². The molecule has 0 aromatic heterocycles. The number of hydrogen-bond acceptors (Lipinski definition) is 9. The first-order valence-corrected chi connectivity index (χ1v) is 18.2. The third-order valence-electron chi connectivity index (χ3n) is 13.3. The standard InChI is InChI=1S/C41H48F2N2O8/c1-22(44-4)36(50)45(5)31-12-9-24(16-32(31)51-6)15-23-7-10-25(11-8-23)37-52-35-19-27-28-18-30(42)29-17-26(47)13-14-38(29,2)40(28,43)33(48)20-39(27,3)41(35,53-37)34(49)21-46/h7-14,16-17,22,27-28,30,33,35,37,44,46,48H,15,18-21H2,1-6H3/t22-,27?,28-,30-,33-,35+,37+,38-,39-,40-,41+/m0/s1. The molecule has 1 aliphatic heterocycles. The molecule has 1 saturated heterocycles. The van der Waals surface area contributed by atoms with Crippen LogP contribution >= 0.6 is 0 Å². The molecule has 10 nitrogen and oxygen atoms in total. The van der Waals surface area contributed by atoms with Gasteiger partial charge in [-0.2, -0.15) is 0 Å². The Morgan fingerprint density at radius 1 is 1.11 bits per heavy atom. The number of allylic oxidation sites excluding steroid dienone is 4. The molecule has 4 aliphatic carbocycles. The maximum Gasteiger partial charge on any atom is 0.243 e. The summed E-state index contributed by atoms with van der Waals surface area (Å²) < 4.78 is 52.3. The molecule has 12 heteroatoms. The number of carbonyl (C=O) groups excluding carboxylic acids is 3. The van der Waals surface area contributed by atoms with Crippen molar-refractivity contribution in [3.63, 3.8) is 0 Å². The number of hydrogen-bond donors (Lipinski definition) is 3. The lowest BCUT2D eigenvalue weighted by molar-refractivity contribution is -0.235. The molecular formula is C41H48F2N2O8. The maximum atomic E-state index is 17.7. The fourth-order valence-corrected chi connectivity index (χ4v) is 10.4. The number of aliphatic hydroxyl groups is 2. The fraction of sp³-hybridized carbons (Fsp3) is 0.537. The van der Waals surface area contributed by atoms with Crippen molar-refractivity contribution in [2.75, 3.05) is 32.7 Å². The molecule has 3 saturated carbocycles. The summed E-state index contributed by atoms with van der Waals surface area (Å²) in [5.41, 5.74) is -3.55. The molecule has 0 bridgehead atoms. The van der Waals surface area contributed by atoms with Crippen LogP contribution in [-0.4, -0.2) is 91.2 Å². The quantitative estimate of drug-likeness (QED) is 0.341. The highest BCUT2D eigenvalue weighted by Crippen LogP contribution is 2.72. The highest BCUT2D eigenvalue weighted by atomic mass is 19.1. The predicted octanol–water partition coefficient (Wildman–Crippen LogP) is 4.50. The molecule has 4 fully saturated rings. The van der Waals surface area contributed by atoms with Crippen molar-refractivity contribution in [2.45, 2.75) is 88.4 Å². The number of alkyl halides is 2. The first-order valence-electron chi connectivity index (χ1n) is 18.2. The van der Waals surface area contributed by atoms with Gasteiger partial charge in [-0.05, 0) is 93.5 Å². The minimum atomic E-state index is -2.32. The van der Waals surface area contributed by atoms with Gasteiger partial charge in [0.25, 0.3) is 0 Å². The topological polar surface area (TPSA) is 135 Å². The number of ketones is 2. The van der Waals surface area contributed by atoms with E-state index in [1.807, 2.05) is 42.5 Å². The zero-order valence-corrected chi connectivity index (χ0v) is 30.9. The van der Waals surface area contributed by atoms with Crippen LogP contribution in [0.1, 0.15) is 63.0 Å². The van der Waals surface area contributed by atoms with Gasteiger partial charge >= 0.3 is 0 Å². The number of halogens is 2. The number of carbonyl (C=O) groups is 3. The number of nitrogens with zero attached hydrogens (tertiary/aromatic N) is 1. The molecule has 11 atom stereocenters. The Hall–Kier alpha value is -3.81. The van der Waals surface area contributed by atoms with Crippen LogP contribution in [0.15, 0.2) is 66.3 Å². The Labute approximate surface area is 308 Å². The van der Waals surface area contributed by atoms with Crippen LogP contribution in [0.2, 0.25) is 0 Å². The van der Waals surface area contributed by atoms with Gasteiger partial charge in [0.2, 0.25) is 5.91 Å². The summed E-state index contributed by atoms with van der Waals surface area (Å²) in [6.07, 6.45) is -1.09. The minimum Gasteiger partial charge on any atom is -0.495 e. The van der Waals surface area contributed by atoms with Crippen molar-refractivity contribution < 1.29 is 47.6 Å². The Kier molecular flexibility index (Phi) is 9.34. The molecule has 53 heavy (non-hydrogen) atoms. The summed E-state index contributed by atoms with van der Waals surface area (Å²) >= 11 is 0. The number of Topliss-reactive ketones (excluding diaryl/α,β-unsaturated/α-hetero) is 1. The molecule has 1 amide bonds. The molecule has 0 spiro atoms. The van der Waals surface area contributed by atoms with Crippen molar-refractivity contribution >= 4 is 23.2 Å². The van der Waals surface area contributed by atoms with E-state index in [4.69, 9.17) is 14.2 Å². The normalized spacial score (nSPS) is 37.5. The van der Waals surface area contributed by atoms with Crippen molar-refractivity contribution in [3.05, 3.63) is 83.0 Å². The van der Waals surface area contributed by atoms with E-state index in [2.05, 4.69) is 5.32 Å². The lowest BCUT2D eigenvalue weighted by Crippen LogP contribution is -2.70. The summed E-state index contributed by atoms with van der Waals surface area (Å²) in [4.78, 5) is 40.4. The van der Waals surface area contributed by atoms with E-state index in [9.17, 15) is 24.6 Å². The Morgan fingerprint density at radius 3 is 2.47 bits per heavy atom. The molecule has 2 aromatic rings. The largest absolute Gasteiger partial charge is 0.495 e. The summed E-state index contributed by atoms with van der Waals surface area (Å²) in [5.74, 6) is -2.23. The molecule has 3 N–H and O–H groups in total. The molecule has 5 aliphatic rings. The van der Waals surface area contributed by atoms with Gasteiger partial charge in [-0.1, -0.05) is 43.3 Å². The Bertz CT molecular complexity index is 1880.